The van der Waals surface area contributed by atoms with Crippen molar-refractivity contribution in [2.45, 2.75) is 19.4 Å². The lowest BCUT2D eigenvalue weighted by Crippen LogP contribution is -2.44. The molecule has 3 N–H and O–H groups in total. The molecular weight excluding hydrogens is 289 g/mol. The van der Waals surface area contributed by atoms with Crippen molar-refractivity contribution in [2.24, 2.45) is 0 Å². The summed E-state index contributed by atoms with van der Waals surface area (Å²) < 4.78 is 5.49. The second-order valence-electron chi connectivity index (χ2n) is 5.90. The van der Waals surface area contributed by atoms with Crippen LogP contribution >= 0.6 is 0 Å². The van der Waals surface area contributed by atoms with E-state index in [1.807, 2.05) is 49.4 Å². The third-order valence-electron chi connectivity index (χ3n) is 4.26. The quantitative estimate of drug-likeness (QED) is 0.666. The van der Waals surface area contributed by atoms with E-state index in [9.17, 15) is 5.02 Å². The first kappa shape index (κ1) is 14.2. The zero-order valence-electron chi connectivity index (χ0n) is 12.7. The van der Waals surface area contributed by atoms with Gasteiger partial charge in [0.2, 0.25) is 0 Å². The molecule has 0 aliphatic carbocycles. The van der Waals surface area contributed by atoms with Gasteiger partial charge in [0.15, 0.2) is 0 Å². The van der Waals surface area contributed by atoms with Crippen molar-refractivity contribution >= 4 is 29.2 Å². The molecule has 1 aliphatic heterocycles. The minimum absolute atomic E-state index is 0.00822. The molecule has 0 saturated carbocycles. The first-order chi connectivity index (χ1) is 11.1. The van der Waals surface area contributed by atoms with Crippen LogP contribution in [0.4, 0.5) is 5.69 Å². The number of fused-ring (bicyclic) bond motifs is 2. The second kappa shape index (κ2) is 5.33. The second-order valence-corrected chi connectivity index (χ2v) is 5.90. The van der Waals surface area contributed by atoms with Crippen molar-refractivity contribution in [3.63, 3.8) is 0 Å². The third-order valence-corrected chi connectivity index (χ3v) is 4.26. The Kier molecular flexibility index (Phi) is 3.29. The summed E-state index contributed by atoms with van der Waals surface area (Å²) in [5.41, 5.74) is 11.0. The fraction of sp³-hybridized carbons (Fsp3) is 0.176. The van der Waals surface area contributed by atoms with Gasteiger partial charge >= 0.3 is 7.12 Å². The Bertz CT molecular complexity index is 900. The Morgan fingerprint density at radius 1 is 1.22 bits per heavy atom. The number of aromatic nitrogens is 2. The van der Waals surface area contributed by atoms with Gasteiger partial charge in [-0.15, -0.1) is 10.2 Å². The molecule has 6 heteroatoms. The first-order valence-electron chi connectivity index (χ1n) is 7.61. The Labute approximate surface area is 134 Å². The predicted molar refractivity (Wildman–Crippen MR) is 91.2 cm³/mol. The average Bonchev–Trinajstić information content (AvgIpc) is 2.55. The molecule has 23 heavy (non-hydrogen) atoms. The van der Waals surface area contributed by atoms with Gasteiger partial charge in [-0.05, 0) is 30.4 Å². The molecular formula is C17H16BN3O2. The maximum absolute atomic E-state index is 10.2. The van der Waals surface area contributed by atoms with Gasteiger partial charge in [-0.3, -0.25) is 0 Å². The van der Waals surface area contributed by atoms with Crippen LogP contribution in [0.2, 0.25) is 0 Å². The SMILES string of the molecule is CC1Cc2ccc(-c3nnc4ccccc4c3N)cc2B(O)O1. The number of hydrogen-bond acceptors (Lipinski definition) is 5. The Balaban J connectivity index is 1.86. The molecule has 0 spiro atoms. The van der Waals surface area contributed by atoms with Crippen LogP contribution in [-0.4, -0.2) is 28.4 Å². The normalized spacial score (nSPS) is 17.3. The summed E-state index contributed by atoms with van der Waals surface area (Å²) in [6, 6.07) is 13.5. The number of hydrogen-bond donors (Lipinski definition) is 2. The highest BCUT2D eigenvalue weighted by atomic mass is 16.5. The summed E-state index contributed by atoms with van der Waals surface area (Å²) >= 11 is 0. The molecule has 0 radical (unpaired) electrons. The Morgan fingerprint density at radius 3 is 2.91 bits per heavy atom. The van der Waals surface area contributed by atoms with Gasteiger partial charge in [-0.2, -0.15) is 0 Å². The van der Waals surface area contributed by atoms with Crippen molar-refractivity contribution in [3.8, 4) is 11.3 Å². The third kappa shape index (κ3) is 2.36. The van der Waals surface area contributed by atoms with Crippen LogP contribution in [0.3, 0.4) is 0 Å². The minimum atomic E-state index is -0.914. The maximum atomic E-state index is 10.2. The van der Waals surface area contributed by atoms with E-state index < -0.39 is 7.12 Å². The summed E-state index contributed by atoms with van der Waals surface area (Å²) in [4.78, 5) is 0. The molecule has 1 atom stereocenters. The molecule has 1 aliphatic rings. The highest BCUT2D eigenvalue weighted by Gasteiger charge is 2.29. The number of nitrogen functional groups attached to an aromatic ring is 1. The van der Waals surface area contributed by atoms with E-state index in [0.717, 1.165) is 33.9 Å². The van der Waals surface area contributed by atoms with Crippen molar-refractivity contribution in [1.82, 2.24) is 10.2 Å². The summed E-state index contributed by atoms with van der Waals surface area (Å²) in [6.07, 6.45) is 0.792. The lowest BCUT2D eigenvalue weighted by Gasteiger charge is -2.25. The van der Waals surface area contributed by atoms with E-state index >= 15 is 0 Å². The van der Waals surface area contributed by atoms with Crippen molar-refractivity contribution in [3.05, 3.63) is 48.0 Å². The molecule has 1 aromatic heterocycles. The van der Waals surface area contributed by atoms with Crippen LogP contribution in [-0.2, 0) is 11.1 Å². The summed E-state index contributed by atoms with van der Waals surface area (Å²) in [6.45, 7) is 1.95. The van der Waals surface area contributed by atoms with Gasteiger partial charge in [0.1, 0.15) is 5.69 Å². The lowest BCUT2D eigenvalue weighted by molar-refractivity contribution is 0.183. The smallest absolute Gasteiger partial charge is 0.423 e. The zero-order valence-corrected chi connectivity index (χ0v) is 12.7. The molecule has 114 valence electrons. The van der Waals surface area contributed by atoms with Gasteiger partial charge < -0.3 is 15.4 Å². The monoisotopic (exact) mass is 305 g/mol. The zero-order chi connectivity index (χ0) is 16.0. The fourth-order valence-electron chi connectivity index (χ4n) is 3.10. The highest BCUT2D eigenvalue weighted by Crippen LogP contribution is 2.29. The van der Waals surface area contributed by atoms with E-state index in [4.69, 9.17) is 10.4 Å². The predicted octanol–water partition coefficient (Wildman–Crippen LogP) is 1.53. The fourth-order valence-corrected chi connectivity index (χ4v) is 3.10. The van der Waals surface area contributed by atoms with Gasteiger partial charge in [-0.25, -0.2) is 0 Å². The van der Waals surface area contributed by atoms with E-state index in [0.29, 0.717) is 11.4 Å². The number of nitrogens with zero attached hydrogens (tertiary/aromatic N) is 2. The Morgan fingerprint density at radius 2 is 2.04 bits per heavy atom. The number of rotatable bonds is 1. The minimum Gasteiger partial charge on any atom is -0.423 e. The number of benzene rings is 2. The Hall–Kier alpha value is -2.44. The molecule has 5 nitrogen and oxygen atoms in total. The highest BCUT2D eigenvalue weighted by molar-refractivity contribution is 6.61. The molecule has 0 fully saturated rings. The molecule has 2 aromatic carbocycles. The average molecular weight is 305 g/mol. The maximum Gasteiger partial charge on any atom is 0.491 e. The molecule has 1 unspecified atom stereocenters. The van der Waals surface area contributed by atoms with E-state index in [2.05, 4.69) is 10.2 Å². The summed E-state index contributed by atoms with van der Waals surface area (Å²) in [7, 11) is -0.914. The first-order valence-corrected chi connectivity index (χ1v) is 7.61. The van der Waals surface area contributed by atoms with Crippen molar-refractivity contribution in [1.29, 1.82) is 0 Å². The van der Waals surface area contributed by atoms with E-state index in [1.54, 1.807) is 0 Å². The molecule has 2 heterocycles. The number of nitrogens with two attached hydrogens (primary N) is 1. The summed E-state index contributed by atoms with van der Waals surface area (Å²) in [5, 5.41) is 19.5. The molecule has 0 bridgehead atoms. The number of anilines is 1. The van der Waals surface area contributed by atoms with E-state index in [-0.39, 0.29) is 6.10 Å². The largest absolute Gasteiger partial charge is 0.491 e. The van der Waals surface area contributed by atoms with Crippen LogP contribution in [0.1, 0.15) is 12.5 Å². The van der Waals surface area contributed by atoms with Crippen LogP contribution in [0, 0.1) is 0 Å². The lowest BCUT2D eigenvalue weighted by atomic mass is 9.71. The molecule has 3 aromatic rings. The summed E-state index contributed by atoms with van der Waals surface area (Å²) in [5.74, 6) is 0. The molecule has 0 saturated heterocycles. The van der Waals surface area contributed by atoms with Gasteiger partial charge in [0.25, 0.3) is 0 Å². The molecule has 0 amide bonds. The van der Waals surface area contributed by atoms with Gasteiger partial charge in [0, 0.05) is 17.1 Å². The van der Waals surface area contributed by atoms with Crippen LogP contribution in [0.15, 0.2) is 42.5 Å². The van der Waals surface area contributed by atoms with E-state index in [1.165, 1.54) is 0 Å². The van der Waals surface area contributed by atoms with Crippen LogP contribution in [0.5, 0.6) is 0 Å². The van der Waals surface area contributed by atoms with Crippen molar-refractivity contribution in [2.75, 3.05) is 5.73 Å². The topological polar surface area (TPSA) is 81.3 Å². The van der Waals surface area contributed by atoms with Crippen molar-refractivity contribution < 1.29 is 9.68 Å². The van der Waals surface area contributed by atoms with Crippen LogP contribution < -0.4 is 11.2 Å². The van der Waals surface area contributed by atoms with Gasteiger partial charge in [0.05, 0.1) is 11.2 Å². The van der Waals surface area contributed by atoms with Gasteiger partial charge in [-0.1, -0.05) is 36.4 Å². The standard InChI is InChI=1S/C17H16BN3O2/c1-10-8-11-6-7-12(9-14(11)18(22)23-10)17-16(19)13-4-2-3-5-15(13)20-21-17/h2-7,9-10,22H,8H2,1H3,(H2,19,20). The van der Waals surface area contributed by atoms with Crippen LogP contribution in [0.25, 0.3) is 22.2 Å². The molecule has 4 rings (SSSR count).